The van der Waals surface area contributed by atoms with Gasteiger partial charge in [-0.25, -0.2) is 9.18 Å². The second-order valence-corrected chi connectivity index (χ2v) is 7.79. The topological polar surface area (TPSA) is 67.3 Å². The number of piperazine rings is 1. The number of anilines is 1. The number of rotatable bonds is 6. The summed E-state index contributed by atoms with van der Waals surface area (Å²) in [5.41, 5.74) is 1.98. The van der Waals surface area contributed by atoms with Gasteiger partial charge in [-0.3, -0.25) is 0 Å². The maximum absolute atomic E-state index is 13.1. The summed E-state index contributed by atoms with van der Waals surface area (Å²) in [5.74, 6) is 0.334. The molecule has 0 saturated carbocycles. The molecule has 158 valence electrons. The van der Waals surface area contributed by atoms with Gasteiger partial charge < -0.3 is 24.1 Å². The van der Waals surface area contributed by atoms with E-state index in [4.69, 9.17) is 9.15 Å². The highest BCUT2D eigenvalue weighted by Crippen LogP contribution is 2.22. The molecule has 0 spiro atoms. The van der Waals surface area contributed by atoms with Gasteiger partial charge in [-0.1, -0.05) is 0 Å². The van der Waals surface area contributed by atoms with Crippen LogP contribution in [-0.4, -0.2) is 50.5 Å². The van der Waals surface area contributed by atoms with Gasteiger partial charge in [-0.15, -0.1) is 0 Å². The number of nitrogens with one attached hydrogen (secondary N) is 1. The van der Waals surface area contributed by atoms with E-state index in [1.165, 1.54) is 23.1 Å². The molecule has 1 fully saturated rings. The largest absolute Gasteiger partial charge is 0.491 e. The monoisotopic (exact) mass is 413 g/mol. The smallest absolute Gasteiger partial charge is 0.336 e. The Morgan fingerprint density at radius 2 is 1.90 bits per heavy atom. The van der Waals surface area contributed by atoms with E-state index in [1.54, 1.807) is 18.2 Å². The number of hydrogen-bond donors (Lipinski definition) is 2. The van der Waals surface area contributed by atoms with E-state index >= 15 is 0 Å². The highest BCUT2D eigenvalue weighted by Gasteiger charge is 2.23. The van der Waals surface area contributed by atoms with Crippen LogP contribution in [0.15, 0.2) is 57.7 Å². The summed E-state index contributed by atoms with van der Waals surface area (Å²) in [6.45, 7) is 6.15. The molecule has 3 aromatic rings. The standard InChI is InChI=1S/C23H25FN2O4/c1-16-12-23(28)30-22-13-20(6-7-21(16)22)29-15-19(27)14-25-8-10-26(11-9-25)18-4-2-17(24)3-5-18/h2-7,12-13,19,27H,8-11,14-15H2,1H3/p+1/t19-/m0/s1. The van der Waals surface area contributed by atoms with Crippen LogP contribution in [0.1, 0.15) is 5.56 Å². The third-order valence-corrected chi connectivity index (χ3v) is 5.55. The van der Waals surface area contributed by atoms with E-state index in [0.29, 0.717) is 17.9 Å². The van der Waals surface area contributed by atoms with Gasteiger partial charge in [-0.2, -0.15) is 0 Å². The van der Waals surface area contributed by atoms with Crippen molar-refractivity contribution in [3.63, 3.8) is 0 Å². The van der Waals surface area contributed by atoms with E-state index in [1.807, 2.05) is 19.1 Å². The first-order valence-electron chi connectivity index (χ1n) is 10.2. The Bertz CT molecular complexity index is 1060. The highest BCUT2D eigenvalue weighted by molar-refractivity contribution is 5.81. The molecule has 7 heteroatoms. The number of fused-ring (bicyclic) bond motifs is 1. The van der Waals surface area contributed by atoms with Gasteiger partial charge in [0.15, 0.2) is 0 Å². The summed E-state index contributed by atoms with van der Waals surface area (Å²) in [4.78, 5) is 15.1. The predicted molar refractivity (Wildman–Crippen MR) is 113 cm³/mol. The second-order valence-electron chi connectivity index (χ2n) is 7.79. The lowest BCUT2D eigenvalue weighted by molar-refractivity contribution is -0.903. The van der Waals surface area contributed by atoms with Gasteiger partial charge in [-0.05, 0) is 48.9 Å². The van der Waals surface area contributed by atoms with Crippen molar-refractivity contribution in [1.29, 1.82) is 0 Å². The summed E-state index contributed by atoms with van der Waals surface area (Å²) in [6, 6.07) is 13.4. The number of halogens is 1. The van der Waals surface area contributed by atoms with Gasteiger partial charge in [0.2, 0.25) is 0 Å². The maximum atomic E-state index is 13.1. The molecular formula is C23H26FN2O4+. The summed E-state index contributed by atoms with van der Waals surface area (Å²) in [6.07, 6.45) is -0.599. The molecular weight excluding hydrogens is 387 g/mol. The molecule has 1 saturated heterocycles. The van der Waals surface area contributed by atoms with Gasteiger partial charge in [0, 0.05) is 23.2 Å². The molecule has 6 nitrogen and oxygen atoms in total. The van der Waals surface area contributed by atoms with Crippen molar-refractivity contribution in [3.05, 3.63) is 70.3 Å². The van der Waals surface area contributed by atoms with Crippen molar-refractivity contribution in [2.45, 2.75) is 13.0 Å². The van der Waals surface area contributed by atoms with Crippen molar-refractivity contribution < 1.29 is 23.6 Å². The summed E-state index contributed by atoms with van der Waals surface area (Å²) >= 11 is 0. The van der Waals surface area contributed by atoms with Crippen LogP contribution in [0.5, 0.6) is 5.75 Å². The molecule has 2 heterocycles. The molecule has 1 aliphatic rings. The van der Waals surface area contributed by atoms with Crippen molar-refractivity contribution in [2.75, 3.05) is 44.2 Å². The normalized spacial score (nSPS) is 16.0. The lowest BCUT2D eigenvalue weighted by Gasteiger charge is -2.34. The van der Waals surface area contributed by atoms with Crippen molar-refractivity contribution >= 4 is 16.7 Å². The third-order valence-electron chi connectivity index (χ3n) is 5.55. The van der Waals surface area contributed by atoms with Crippen LogP contribution in [0.4, 0.5) is 10.1 Å². The zero-order valence-corrected chi connectivity index (χ0v) is 16.9. The quantitative estimate of drug-likeness (QED) is 0.598. The fourth-order valence-corrected chi connectivity index (χ4v) is 3.92. The molecule has 0 amide bonds. The van der Waals surface area contributed by atoms with Gasteiger partial charge in [0.05, 0.1) is 26.2 Å². The lowest BCUT2D eigenvalue weighted by atomic mass is 10.1. The Hall–Kier alpha value is -2.90. The van der Waals surface area contributed by atoms with Crippen LogP contribution in [0.3, 0.4) is 0 Å². The minimum Gasteiger partial charge on any atom is -0.491 e. The van der Waals surface area contributed by atoms with Crippen molar-refractivity contribution in [2.24, 2.45) is 0 Å². The van der Waals surface area contributed by atoms with E-state index in [9.17, 15) is 14.3 Å². The van der Waals surface area contributed by atoms with E-state index in [2.05, 4.69) is 4.90 Å². The Labute approximate surface area is 174 Å². The van der Waals surface area contributed by atoms with E-state index in [-0.39, 0.29) is 18.0 Å². The number of nitrogens with zero attached hydrogens (tertiary/aromatic N) is 1. The van der Waals surface area contributed by atoms with Crippen LogP contribution in [0, 0.1) is 12.7 Å². The number of aliphatic hydroxyl groups excluding tert-OH is 1. The molecule has 0 bridgehead atoms. The SMILES string of the molecule is Cc1cc(=O)oc2cc(OC[C@@H](O)C[NH+]3CCN(c4ccc(F)cc4)CC3)ccc12. The van der Waals surface area contributed by atoms with Crippen LogP contribution < -0.4 is 20.2 Å². The Balaban J connectivity index is 1.27. The lowest BCUT2D eigenvalue weighted by Crippen LogP contribution is -3.16. The Morgan fingerprint density at radius 1 is 1.17 bits per heavy atom. The van der Waals surface area contributed by atoms with Crippen molar-refractivity contribution in [3.8, 4) is 5.75 Å². The zero-order chi connectivity index (χ0) is 21.1. The first-order chi connectivity index (χ1) is 14.5. The van der Waals surface area contributed by atoms with Crippen LogP contribution in [-0.2, 0) is 0 Å². The van der Waals surface area contributed by atoms with E-state index < -0.39 is 6.10 Å². The first-order valence-corrected chi connectivity index (χ1v) is 10.2. The average molecular weight is 413 g/mol. The molecule has 30 heavy (non-hydrogen) atoms. The minimum atomic E-state index is -0.599. The molecule has 4 rings (SSSR count). The summed E-state index contributed by atoms with van der Waals surface area (Å²) in [7, 11) is 0. The number of aliphatic hydroxyl groups is 1. The molecule has 2 aromatic carbocycles. The third kappa shape index (κ3) is 4.80. The molecule has 2 N–H and O–H groups in total. The number of quaternary nitrogens is 1. The summed E-state index contributed by atoms with van der Waals surface area (Å²) in [5, 5.41) is 11.3. The van der Waals surface area contributed by atoms with Crippen molar-refractivity contribution in [1.82, 2.24) is 0 Å². The maximum Gasteiger partial charge on any atom is 0.336 e. The van der Waals surface area contributed by atoms with Gasteiger partial charge in [0.25, 0.3) is 0 Å². The number of ether oxygens (including phenoxy) is 1. The zero-order valence-electron chi connectivity index (χ0n) is 16.9. The highest BCUT2D eigenvalue weighted by atomic mass is 19.1. The van der Waals surface area contributed by atoms with Gasteiger partial charge >= 0.3 is 5.63 Å². The number of hydrogen-bond acceptors (Lipinski definition) is 5. The van der Waals surface area contributed by atoms with Crippen LogP contribution >= 0.6 is 0 Å². The Morgan fingerprint density at radius 3 is 2.63 bits per heavy atom. The Kier molecular flexibility index (Phi) is 6.01. The summed E-state index contributed by atoms with van der Waals surface area (Å²) < 4.78 is 24.0. The average Bonchev–Trinajstić information content (AvgIpc) is 2.73. The second kappa shape index (κ2) is 8.85. The number of aryl methyl sites for hydroxylation is 1. The van der Waals surface area contributed by atoms with Crippen LogP contribution in [0.25, 0.3) is 11.0 Å². The molecule has 1 atom stereocenters. The molecule has 1 aliphatic heterocycles. The predicted octanol–water partition coefficient (Wildman–Crippen LogP) is 1.39. The fraction of sp³-hybridized carbons (Fsp3) is 0.348. The van der Waals surface area contributed by atoms with Crippen LogP contribution in [0.2, 0.25) is 0 Å². The molecule has 0 unspecified atom stereocenters. The first kappa shape index (κ1) is 20.4. The van der Waals surface area contributed by atoms with Gasteiger partial charge in [0.1, 0.15) is 36.4 Å². The molecule has 0 aliphatic carbocycles. The fourth-order valence-electron chi connectivity index (χ4n) is 3.92. The number of benzene rings is 2. The van der Waals surface area contributed by atoms with E-state index in [0.717, 1.165) is 42.8 Å². The molecule has 1 aromatic heterocycles. The minimum absolute atomic E-state index is 0.173. The molecule has 0 radical (unpaired) electrons.